The average molecular weight is 261 g/mol. The van der Waals surface area contributed by atoms with Crippen LogP contribution >= 0.6 is 0 Å². The van der Waals surface area contributed by atoms with E-state index in [4.69, 9.17) is 5.26 Å². The number of benzene rings is 1. The molecule has 0 heterocycles. The summed E-state index contributed by atoms with van der Waals surface area (Å²) in [5.74, 6) is -0.288. The van der Waals surface area contributed by atoms with Gasteiger partial charge in [-0.3, -0.25) is 4.90 Å². The van der Waals surface area contributed by atoms with Crippen molar-refractivity contribution < 1.29 is 4.39 Å². The Bertz CT molecular complexity index is 463. The van der Waals surface area contributed by atoms with E-state index in [1.54, 1.807) is 0 Å². The fourth-order valence-corrected chi connectivity index (χ4v) is 2.30. The fourth-order valence-electron chi connectivity index (χ4n) is 2.30. The Morgan fingerprint density at radius 1 is 1.47 bits per heavy atom. The van der Waals surface area contributed by atoms with Gasteiger partial charge in [0.05, 0.1) is 11.6 Å². The first-order valence-corrected chi connectivity index (χ1v) is 6.88. The van der Waals surface area contributed by atoms with E-state index in [0.717, 1.165) is 31.2 Å². The highest BCUT2D eigenvalue weighted by atomic mass is 19.1. The number of nitrogens with zero attached hydrogens (tertiary/aromatic N) is 2. The van der Waals surface area contributed by atoms with Gasteiger partial charge in [0.2, 0.25) is 0 Å². The normalized spacial score (nSPS) is 14.6. The van der Waals surface area contributed by atoms with Crippen molar-refractivity contribution in [1.29, 1.82) is 5.26 Å². The molecule has 0 amide bonds. The molecule has 0 unspecified atom stereocenters. The van der Waals surface area contributed by atoms with Crippen molar-refractivity contribution in [3.8, 4) is 6.07 Å². The molecule has 1 saturated carbocycles. The average Bonchev–Trinajstić information content (AvgIpc) is 3.23. The van der Waals surface area contributed by atoms with Crippen LogP contribution in [0, 0.1) is 17.1 Å². The molecule has 2 rings (SSSR count). The van der Waals surface area contributed by atoms with E-state index in [2.05, 4.69) is 23.2 Å². The van der Waals surface area contributed by atoms with Gasteiger partial charge >= 0.3 is 0 Å². The van der Waals surface area contributed by atoms with E-state index in [9.17, 15) is 4.39 Å². The van der Waals surface area contributed by atoms with Gasteiger partial charge in [0.15, 0.2) is 0 Å². The molecule has 1 N–H and O–H groups in total. The summed E-state index contributed by atoms with van der Waals surface area (Å²) in [5.41, 5.74) is 1.28. The highest BCUT2D eigenvalue weighted by molar-refractivity contribution is 5.37. The van der Waals surface area contributed by atoms with E-state index < -0.39 is 0 Å². The molecule has 1 aliphatic carbocycles. The van der Waals surface area contributed by atoms with Gasteiger partial charge in [-0.15, -0.1) is 0 Å². The first-order chi connectivity index (χ1) is 9.24. The maximum atomic E-state index is 13.1. The molecule has 1 fully saturated rings. The van der Waals surface area contributed by atoms with Gasteiger partial charge < -0.3 is 5.32 Å². The van der Waals surface area contributed by atoms with Gasteiger partial charge in [0.1, 0.15) is 5.82 Å². The SMILES string of the molecule is CCN(CCNCc1cc(F)ccc1C#N)C1CC1. The molecule has 1 aliphatic rings. The van der Waals surface area contributed by atoms with Crippen molar-refractivity contribution in [1.82, 2.24) is 10.2 Å². The predicted molar refractivity (Wildman–Crippen MR) is 73.1 cm³/mol. The van der Waals surface area contributed by atoms with Crippen LogP contribution in [-0.2, 0) is 6.54 Å². The van der Waals surface area contributed by atoms with Crippen molar-refractivity contribution in [2.75, 3.05) is 19.6 Å². The van der Waals surface area contributed by atoms with E-state index in [1.807, 2.05) is 0 Å². The quantitative estimate of drug-likeness (QED) is 0.765. The van der Waals surface area contributed by atoms with Crippen LogP contribution in [0.4, 0.5) is 4.39 Å². The van der Waals surface area contributed by atoms with Gasteiger partial charge in [-0.2, -0.15) is 5.26 Å². The third kappa shape index (κ3) is 4.02. The van der Waals surface area contributed by atoms with Gasteiger partial charge in [-0.1, -0.05) is 6.92 Å². The maximum Gasteiger partial charge on any atom is 0.123 e. The molecule has 0 aromatic heterocycles. The predicted octanol–water partition coefficient (Wildman–Crippen LogP) is 2.27. The number of hydrogen-bond donors (Lipinski definition) is 1. The third-order valence-corrected chi connectivity index (χ3v) is 3.55. The van der Waals surface area contributed by atoms with E-state index >= 15 is 0 Å². The van der Waals surface area contributed by atoms with Crippen LogP contribution in [0.2, 0.25) is 0 Å². The van der Waals surface area contributed by atoms with Crippen molar-refractivity contribution in [2.24, 2.45) is 0 Å². The lowest BCUT2D eigenvalue weighted by Crippen LogP contribution is -2.33. The maximum absolute atomic E-state index is 13.1. The van der Waals surface area contributed by atoms with Crippen LogP contribution in [0.25, 0.3) is 0 Å². The molecule has 1 aromatic carbocycles. The standard InChI is InChI=1S/C15H20FN3/c1-2-19(15-5-6-15)8-7-18-11-13-9-14(16)4-3-12(13)10-17/h3-4,9,15,18H,2,5-8,11H2,1H3. The van der Waals surface area contributed by atoms with Gasteiger partial charge in [-0.25, -0.2) is 4.39 Å². The Labute approximate surface area is 114 Å². The van der Waals surface area contributed by atoms with Crippen LogP contribution in [0.15, 0.2) is 18.2 Å². The minimum absolute atomic E-state index is 0.288. The van der Waals surface area contributed by atoms with Crippen LogP contribution in [0.5, 0.6) is 0 Å². The van der Waals surface area contributed by atoms with Crippen molar-refractivity contribution in [2.45, 2.75) is 32.4 Å². The second-order valence-electron chi connectivity index (χ2n) is 4.95. The minimum atomic E-state index is -0.288. The second kappa shape index (κ2) is 6.65. The molecule has 102 valence electrons. The molecule has 4 heteroatoms. The number of hydrogen-bond acceptors (Lipinski definition) is 3. The lowest BCUT2D eigenvalue weighted by molar-refractivity contribution is 0.277. The summed E-state index contributed by atoms with van der Waals surface area (Å²) in [6.07, 6.45) is 2.63. The van der Waals surface area contributed by atoms with E-state index in [1.165, 1.54) is 31.0 Å². The smallest absolute Gasteiger partial charge is 0.123 e. The summed E-state index contributed by atoms with van der Waals surface area (Å²) >= 11 is 0. The molecular weight excluding hydrogens is 241 g/mol. The lowest BCUT2D eigenvalue weighted by atomic mass is 10.1. The number of nitriles is 1. The molecule has 19 heavy (non-hydrogen) atoms. The van der Waals surface area contributed by atoms with E-state index in [0.29, 0.717) is 12.1 Å². The highest BCUT2D eigenvalue weighted by Crippen LogP contribution is 2.25. The molecular formula is C15H20FN3. The van der Waals surface area contributed by atoms with Crippen LogP contribution in [-0.4, -0.2) is 30.6 Å². The van der Waals surface area contributed by atoms with Crippen molar-refractivity contribution >= 4 is 0 Å². The topological polar surface area (TPSA) is 39.1 Å². The summed E-state index contributed by atoms with van der Waals surface area (Å²) in [6.45, 7) is 5.68. The summed E-state index contributed by atoms with van der Waals surface area (Å²) in [5, 5.41) is 12.3. The zero-order valence-electron chi connectivity index (χ0n) is 11.3. The molecule has 0 saturated heterocycles. The molecule has 0 spiro atoms. The van der Waals surface area contributed by atoms with Gasteiger partial charge in [0.25, 0.3) is 0 Å². The molecule has 1 aromatic rings. The zero-order valence-corrected chi connectivity index (χ0v) is 11.3. The fraction of sp³-hybridized carbons (Fsp3) is 0.533. The summed E-state index contributed by atoms with van der Waals surface area (Å²) in [7, 11) is 0. The second-order valence-corrected chi connectivity index (χ2v) is 4.95. The summed E-state index contributed by atoms with van der Waals surface area (Å²) < 4.78 is 13.1. The molecule has 0 radical (unpaired) electrons. The Kier molecular flexibility index (Phi) is 4.89. The van der Waals surface area contributed by atoms with Crippen molar-refractivity contribution in [3.63, 3.8) is 0 Å². The van der Waals surface area contributed by atoms with Gasteiger partial charge in [0, 0.05) is 25.7 Å². The molecule has 0 bridgehead atoms. The Hall–Kier alpha value is -1.44. The third-order valence-electron chi connectivity index (χ3n) is 3.55. The Morgan fingerprint density at radius 2 is 2.26 bits per heavy atom. The van der Waals surface area contributed by atoms with Crippen molar-refractivity contribution in [3.05, 3.63) is 35.1 Å². The lowest BCUT2D eigenvalue weighted by Gasteiger charge is -2.19. The molecule has 0 atom stereocenters. The van der Waals surface area contributed by atoms with E-state index in [-0.39, 0.29) is 5.82 Å². The first kappa shape index (κ1) is 14.0. The minimum Gasteiger partial charge on any atom is -0.311 e. The summed E-state index contributed by atoms with van der Waals surface area (Å²) in [4.78, 5) is 2.46. The van der Waals surface area contributed by atoms with Gasteiger partial charge in [-0.05, 0) is 43.1 Å². The number of rotatable bonds is 7. The zero-order chi connectivity index (χ0) is 13.7. The largest absolute Gasteiger partial charge is 0.311 e. The highest BCUT2D eigenvalue weighted by Gasteiger charge is 2.26. The Morgan fingerprint density at radius 3 is 2.89 bits per heavy atom. The Balaban J connectivity index is 1.79. The monoisotopic (exact) mass is 261 g/mol. The first-order valence-electron chi connectivity index (χ1n) is 6.88. The number of nitrogens with one attached hydrogen (secondary N) is 1. The molecule has 3 nitrogen and oxygen atoms in total. The number of likely N-dealkylation sites (N-methyl/N-ethyl adjacent to an activating group) is 1. The number of halogens is 1. The van der Waals surface area contributed by atoms with Crippen LogP contribution in [0.3, 0.4) is 0 Å². The van der Waals surface area contributed by atoms with Crippen LogP contribution in [0.1, 0.15) is 30.9 Å². The molecule has 0 aliphatic heterocycles. The summed E-state index contributed by atoms with van der Waals surface area (Å²) in [6, 6.07) is 7.17. The van der Waals surface area contributed by atoms with Crippen LogP contribution < -0.4 is 5.32 Å².